The van der Waals surface area contributed by atoms with Gasteiger partial charge in [0.1, 0.15) is 11.3 Å². The van der Waals surface area contributed by atoms with E-state index in [1.165, 1.54) is 0 Å². The monoisotopic (exact) mass is 445 g/mol. The topological polar surface area (TPSA) is 89.1 Å². The molecule has 1 saturated carbocycles. The summed E-state index contributed by atoms with van der Waals surface area (Å²) in [5.74, 6) is 0.661. The molecule has 0 bridgehead atoms. The number of rotatable bonds is 6. The SMILES string of the molecule is CCO[C@H]1C[C@@H](Nc2ncc3c(-c4ccc5ncc(C(=O)N6CCCC6)n5c4)ccn3n2)C1. The zero-order valence-electron chi connectivity index (χ0n) is 18.6. The van der Waals surface area contributed by atoms with Gasteiger partial charge in [-0.1, -0.05) is 0 Å². The van der Waals surface area contributed by atoms with Gasteiger partial charge >= 0.3 is 0 Å². The minimum Gasteiger partial charge on any atom is -0.378 e. The van der Waals surface area contributed by atoms with Gasteiger partial charge in [-0.2, -0.15) is 0 Å². The molecule has 2 fully saturated rings. The van der Waals surface area contributed by atoms with Gasteiger partial charge in [-0.3, -0.25) is 9.20 Å². The lowest BCUT2D eigenvalue weighted by atomic mass is 9.89. The Labute approximate surface area is 191 Å². The van der Waals surface area contributed by atoms with Gasteiger partial charge in [0.15, 0.2) is 0 Å². The lowest BCUT2D eigenvalue weighted by molar-refractivity contribution is 0.00283. The van der Waals surface area contributed by atoms with Crippen molar-refractivity contribution in [1.29, 1.82) is 0 Å². The van der Waals surface area contributed by atoms with Gasteiger partial charge in [0, 0.05) is 49.3 Å². The first-order valence-corrected chi connectivity index (χ1v) is 11.7. The molecule has 0 aromatic carbocycles. The van der Waals surface area contributed by atoms with Crippen LogP contribution in [-0.4, -0.2) is 66.6 Å². The molecule has 1 amide bonds. The highest BCUT2D eigenvalue weighted by Crippen LogP contribution is 2.28. The van der Waals surface area contributed by atoms with E-state index >= 15 is 0 Å². The molecule has 0 unspecified atom stereocenters. The maximum absolute atomic E-state index is 13.0. The normalized spacial score (nSPS) is 20.5. The fraction of sp³-hybridized carbons (Fsp3) is 0.417. The minimum absolute atomic E-state index is 0.0421. The molecule has 1 aliphatic heterocycles. The van der Waals surface area contributed by atoms with Crippen molar-refractivity contribution < 1.29 is 9.53 Å². The van der Waals surface area contributed by atoms with Gasteiger partial charge in [-0.15, -0.1) is 5.10 Å². The number of amides is 1. The van der Waals surface area contributed by atoms with Crippen LogP contribution in [0.15, 0.2) is 43.0 Å². The van der Waals surface area contributed by atoms with E-state index in [2.05, 4.69) is 20.4 Å². The molecule has 5 heterocycles. The molecule has 0 spiro atoms. The molecule has 33 heavy (non-hydrogen) atoms. The van der Waals surface area contributed by atoms with Crippen molar-refractivity contribution in [2.24, 2.45) is 0 Å². The maximum Gasteiger partial charge on any atom is 0.272 e. The summed E-state index contributed by atoms with van der Waals surface area (Å²) in [4.78, 5) is 23.9. The Morgan fingerprint density at radius 2 is 2.00 bits per heavy atom. The predicted molar refractivity (Wildman–Crippen MR) is 124 cm³/mol. The third-order valence-electron chi connectivity index (χ3n) is 6.68. The number of aromatic nitrogens is 5. The number of pyridine rings is 1. The Bertz CT molecular complexity index is 1320. The maximum atomic E-state index is 13.0. The number of hydrogen-bond donors (Lipinski definition) is 1. The van der Waals surface area contributed by atoms with Crippen LogP contribution in [0, 0.1) is 0 Å². The van der Waals surface area contributed by atoms with E-state index in [4.69, 9.17) is 4.74 Å². The van der Waals surface area contributed by atoms with E-state index in [0.717, 1.165) is 67.7 Å². The predicted octanol–water partition coefficient (Wildman–Crippen LogP) is 3.26. The molecule has 0 atom stereocenters. The number of ether oxygens (including phenoxy) is 1. The second-order valence-corrected chi connectivity index (χ2v) is 8.82. The zero-order valence-corrected chi connectivity index (χ0v) is 18.6. The Balaban J connectivity index is 1.27. The average Bonchev–Trinajstić information content (AvgIpc) is 3.56. The first-order chi connectivity index (χ1) is 16.2. The van der Waals surface area contributed by atoms with E-state index in [0.29, 0.717) is 23.8 Å². The first-order valence-electron chi connectivity index (χ1n) is 11.7. The molecule has 9 nitrogen and oxygen atoms in total. The Morgan fingerprint density at radius 3 is 2.82 bits per heavy atom. The lowest BCUT2D eigenvalue weighted by Gasteiger charge is -2.35. The molecule has 4 aromatic heterocycles. The van der Waals surface area contributed by atoms with Crippen LogP contribution >= 0.6 is 0 Å². The number of carbonyl (C=O) groups excluding carboxylic acids is 1. The van der Waals surface area contributed by atoms with Crippen molar-refractivity contribution >= 4 is 23.0 Å². The van der Waals surface area contributed by atoms with E-state index < -0.39 is 0 Å². The van der Waals surface area contributed by atoms with Gasteiger partial charge in [-0.05, 0) is 50.8 Å². The van der Waals surface area contributed by atoms with E-state index in [-0.39, 0.29) is 5.91 Å². The highest BCUT2D eigenvalue weighted by atomic mass is 16.5. The number of imidazole rings is 1. The summed E-state index contributed by atoms with van der Waals surface area (Å²) in [6.07, 6.45) is 11.9. The van der Waals surface area contributed by atoms with Crippen LogP contribution in [0.2, 0.25) is 0 Å². The summed E-state index contributed by atoms with van der Waals surface area (Å²) in [7, 11) is 0. The Morgan fingerprint density at radius 1 is 1.15 bits per heavy atom. The molecule has 170 valence electrons. The average molecular weight is 446 g/mol. The van der Waals surface area contributed by atoms with Gasteiger partial charge in [-0.25, -0.2) is 14.5 Å². The molecule has 0 radical (unpaired) electrons. The number of fused-ring (bicyclic) bond motifs is 2. The van der Waals surface area contributed by atoms with Crippen molar-refractivity contribution in [3.63, 3.8) is 0 Å². The summed E-state index contributed by atoms with van der Waals surface area (Å²) < 4.78 is 9.36. The smallest absolute Gasteiger partial charge is 0.272 e. The van der Waals surface area contributed by atoms with Crippen molar-refractivity contribution in [2.75, 3.05) is 25.0 Å². The second kappa shape index (κ2) is 8.15. The summed E-state index contributed by atoms with van der Waals surface area (Å²) in [6.45, 7) is 4.41. The summed E-state index contributed by atoms with van der Waals surface area (Å²) in [6, 6.07) is 6.35. The van der Waals surface area contributed by atoms with Crippen LogP contribution in [0.1, 0.15) is 43.1 Å². The van der Waals surface area contributed by atoms with E-state index in [9.17, 15) is 4.79 Å². The first kappa shape index (κ1) is 20.2. The highest BCUT2D eigenvalue weighted by Gasteiger charge is 2.30. The van der Waals surface area contributed by atoms with Gasteiger partial charge in [0.25, 0.3) is 5.91 Å². The van der Waals surface area contributed by atoms with E-state index in [1.807, 2.05) is 57.5 Å². The van der Waals surface area contributed by atoms with Gasteiger partial charge in [0.2, 0.25) is 5.95 Å². The Hall–Kier alpha value is -3.46. The third kappa shape index (κ3) is 3.62. The standard InChI is InChI=1S/C24H27N7O2/c1-2-33-18-11-17(12-18)27-24-26-13-20-19(7-10-31(20)28-24)16-5-6-22-25-14-21(30(22)15-16)23(32)29-8-3-4-9-29/h5-7,10,13-15,17-18H,2-4,8-9,11-12H2,1H3,(H,27,28)/t17-,18+. The second-order valence-electron chi connectivity index (χ2n) is 8.82. The molecule has 1 saturated heterocycles. The van der Waals surface area contributed by atoms with Crippen molar-refractivity contribution in [2.45, 2.75) is 44.8 Å². The Kier molecular flexibility index (Phi) is 4.98. The largest absolute Gasteiger partial charge is 0.378 e. The fourth-order valence-electron chi connectivity index (χ4n) is 4.83. The molecule has 6 rings (SSSR count). The minimum atomic E-state index is 0.0421. The summed E-state index contributed by atoms with van der Waals surface area (Å²) in [5.41, 5.74) is 4.27. The molecule has 1 aliphatic carbocycles. The van der Waals surface area contributed by atoms with Crippen LogP contribution in [0.25, 0.3) is 22.3 Å². The van der Waals surface area contributed by atoms with Crippen molar-refractivity contribution in [3.05, 3.63) is 48.7 Å². The molecule has 1 N–H and O–H groups in total. The van der Waals surface area contributed by atoms with Crippen LogP contribution in [-0.2, 0) is 4.74 Å². The van der Waals surface area contributed by atoms with Crippen LogP contribution in [0.5, 0.6) is 0 Å². The van der Waals surface area contributed by atoms with Crippen molar-refractivity contribution in [1.82, 2.24) is 28.9 Å². The third-order valence-corrected chi connectivity index (χ3v) is 6.68. The lowest BCUT2D eigenvalue weighted by Crippen LogP contribution is -2.41. The summed E-state index contributed by atoms with van der Waals surface area (Å²) in [5, 5.41) is 8.04. The number of hydrogen-bond acceptors (Lipinski definition) is 6. The van der Waals surface area contributed by atoms with Gasteiger partial charge < -0.3 is 15.0 Å². The van der Waals surface area contributed by atoms with Gasteiger partial charge in [0.05, 0.1) is 24.0 Å². The number of anilines is 1. The molecular formula is C24H27N7O2. The zero-order chi connectivity index (χ0) is 22.4. The van der Waals surface area contributed by atoms with Crippen LogP contribution in [0.3, 0.4) is 0 Å². The van der Waals surface area contributed by atoms with Crippen molar-refractivity contribution in [3.8, 4) is 11.1 Å². The fourth-order valence-corrected chi connectivity index (χ4v) is 4.83. The highest BCUT2D eigenvalue weighted by molar-refractivity contribution is 5.93. The number of carbonyl (C=O) groups is 1. The van der Waals surface area contributed by atoms with Crippen LogP contribution < -0.4 is 5.32 Å². The van der Waals surface area contributed by atoms with E-state index in [1.54, 1.807) is 6.20 Å². The molecular weight excluding hydrogens is 418 g/mol. The van der Waals surface area contributed by atoms with Crippen LogP contribution in [0.4, 0.5) is 5.95 Å². The molecule has 2 aliphatic rings. The number of nitrogens with one attached hydrogen (secondary N) is 1. The number of nitrogens with zero attached hydrogens (tertiary/aromatic N) is 6. The quantitative estimate of drug-likeness (QED) is 0.490. The number of likely N-dealkylation sites (tertiary alicyclic amines) is 1. The molecule has 4 aromatic rings. The summed E-state index contributed by atoms with van der Waals surface area (Å²) >= 11 is 0. The molecule has 9 heteroatoms.